The first-order valence-corrected chi connectivity index (χ1v) is 14.1. The number of amides is 2. The molecule has 0 atom stereocenters. The molecule has 9 nitrogen and oxygen atoms in total. The maximum Gasteiger partial charge on any atom is 0.262 e. The summed E-state index contributed by atoms with van der Waals surface area (Å²) >= 11 is 0. The third-order valence-electron chi connectivity index (χ3n) is 6.27. The maximum atomic E-state index is 13.0. The van der Waals surface area contributed by atoms with Crippen molar-refractivity contribution in [2.75, 3.05) is 30.9 Å². The van der Waals surface area contributed by atoms with Crippen molar-refractivity contribution in [2.24, 2.45) is 5.92 Å². The summed E-state index contributed by atoms with van der Waals surface area (Å²) in [6, 6.07) is 21.3. The van der Waals surface area contributed by atoms with Crippen molar-refractivity contribution in [1.29, 1.82) is 0 Å². The van der Waals surface area contributed by atoms with E-state index in [0.717, 1.165) is 32.4 Å². The number of carbonyl (C=O) groups excluding carboxylic acids is 2. The Bertz CT molecular complexity index is 1330. The lowest BCUT2D eigenvalue weighted by Gasteiger charge is -2.22. The predicted octanol–water partition coefficient (Wildman–Crippen LogP) is 3.94. The molecule has 0 unspecified atom stereocenters. The molecule has 0 saturated carbocycles. The minimum Gasteiger partial charge on any atom is -0.455 e. The lowest BCUT2D eigenvalue weighted by Crippen LogP contribution is -2.38. The van der Waals surface area contributed by atoms with Crippen molar-refractivity contribution in [2.45, 2.75) is 24.2 Å². The minimum atomic E-state index is -3.95. The number of hydrogen-bond donors (Lipinski definition) is 4. The van der Waals surface area contributed by atoms with Gasteiger partial charge in [0.1, 0.15) is 5.75 Å². The number of sulfonamides is 1. The SMILES string of the molecule is Cl.O=C(CNC(=O)c1ccc(S(=O)(=O)Nc2ccccc2Oc2ccccc2)cc1)NCCC1CCNCC1. The molecular weight excluding hydrogens is 540 g/mol. The summed E-state index contributed by atoms with van der Waals surface area (Å²) in [7, 11) is -3.95. The highest BCUT2D eigenvalue weighted by atomic mass is 35.5. The van der Waals surface area contributed by atoms with Crippen molar-refractivity contribution in [3.05, 3.63) is 84.4 Å². The summed E-state index contributed by atoms with van der Waals surface area (Å²) in [6.07, 6.45) is 3.15. The molecule has 1 saturated heterocycles. The quantitative estimate of drug-likeness (QED) is 0.276. The standard InChI is InChI=1S/C28H32N4O5S.ClH/c33-27(30-19-16-21-14-17-29-18-15-21)20-31-28(34)22-10-12-24(13-11-22)38(35,36)32-25-8-4-5-9-26(25)37-23-6-2-1-3-7-23;/h1-13,21,29,32H,14-20H2,(H,30,33)(H,31,34);1H. The van der Waals surface area contributed by atoms with Gasteiger partial charge in [0.25, 0.3) is 15.9 Å². The van der Waals surface area contributed by atoms with Crippen LogP contribution in [0.3, 0.4) is 0 Å². The van der Waals surface area contributed by atoms with Crippen molar-refractivity contribution in [3.63, 3.8) is 0 Å². The Balaban J connectivity index is 0.00000420. The topological polar surface area (TPSA) is 126 Å². The van der Waals surface area contributed by atoms with Crippen molar-refractivity contribution >= 4 is 39.9 Å². The monoisotopic (exact) mass is 572 g/mol. The second-order valence-electron chi connectivity index (χ2n) is 9.06. The van der Waals surface area contributed by atoms with Crippen LogP contribution in [0.5, 0.6) is 11.5 Å². The first-order valence-electron chi connectivity index (χ1n) is 12.6. The second kappa shape index (κ2) is 14.5. The molecule has 1 aliphatic rings. The number of para-hydroxylation sites is 3. The van der Waals surface area contributed by atoms with Gasteiger partial charge in [0.15, 0.2) is 5.75 Å². The fraction of sp³-hybridized carbons (Fsp3) is 0.286. The van der Waals surface area contributed by atoms with E-state index < -0.39 is 15.9 Å². The van der Waals surface area contributed by atoms with Crippen molar-refractivity contribution in [1.82, 2.24) is 16.0 Å². The number of carbonyl (C=O) groups is 2. The van der Waals surface area contributed by atoms with E-state index >= 15 is 0 Å². The lowest BCUT2D eigenvalue weighted by molar-refractivity contribution is -0.120. The van der Waals surface area contributed by atoms with E-state index in [2.05, 4.69) is 20.7 Å². The molecule has 1 aliphatic heterocycles. The van der Waals surface area contributed by atoms with Crippen LogP contribution in [-0.4, -0.2) is 46.4 Å². The van der Waals surface area contributed by atoms with Crippen LogP contribution in [-0.2, 0) is 14.8 Å². The van der Waals surface area contributed by atoms with E-state index in [1.54, 1.807) is 36.4 Å². The Kier molecular flexibility index (Phi) is 11.2. The Labute approximate surface area is 235 Å². The van der Waals surface area contributed by atoms with E-state index in [1.165, 1.54) is 24.3 Å². The van der Waals surface area contributed by atoms with E-state index in [0.29, 0.717) is 24.0 Å². The average Bonchev–Trinajstić information content (AvgIpc) is 2.94. The van der Waals surface area contributed by atoms with E-state index in [4.69, 9.17) is 4.74 Å². The maximum absolute atomic E-state index is 13.0. The fourth-order valence-electron chi connectivity index (χ4n) is 4.16. The lowest BCUT2D eigenvalue weighted by atomic mass is 9.95. The number of piperidine rings is 1. The zero-order valence-corrected chi connectivity index (χ0v) is 23.0. The Hall–Kier alpha value is -3.60. The highest BCUT2D eigenvalue weighted by Gasteiger charge is 2.18. The molecule has 4 rings (SSSR count). The first-order chi connectivity index (χ1) is 18.4. The summed E-state index contributed by atoms with van der Waals surface area (Å²) in [5.41, 5.74) is 0.531. The van der Waals surface area contributed by atoms with Gasteiger partial charge in [-0.1, -0.05) is 30.3 Å². The van der Waals surface area contributed by atoms with Gasteiger partial charge in [-0.05, 0) is 86.8 Å². The molecule has 0 aliphatic carbocycles. The summed E-state index contributed by atoms with van der Waals surface area (Å²) in [5.74, 6) is 0.821. The Morgan fingerprint density at radius 1 is 0.872 bits per heavy atom. The van der Waals surface area contributed by atoms with E-state index in [-0.39, 0.29) is 41.0 Å². The number of anilines is 1. The molecule has 39 heavy (non-hydrogen) atoms. The van der Waals surface area contributed by atoms with Crippen LogP contribution in [0, 0.1) is 5.92 Å². The summed E-state index contributed by atoms with van der Waals surface area (Å²) in [4.78, 5) is 24.5. The third-order valence-corrected chi connectivity index (χ3v) is 7.65. The summed E-state index contributed by atoms with van der Waals surface area (Å²) < 4.78 is 34.4. The fourth-order valence-corrected chi connectivity index (χ4v) is 5.23. The van der Waals surface area contributed by atoms with Gasteiger partial charge in [0, 0.05) is 12.1 Å². The van der Waals surface area contributed by atoms with Gasteiger partial charge in [0.05, 0.1) is 17.1 Å². The summed E-state index contributed by atoms with van der Waals surface area (Å²) in [5, 5.41) is 8.73. The molecule has 3 aromatic rings. The average molecular weight is 573 g/mol. The highest BCUT2D eigenvalue weighted by Crippen LogP contribution is 2.30. The van der Waals surface area contributed by atoms with Gasteiger partial charge in [-0.3, -0.25) is 14.3 Å². The molecule has 11 heteroatoms. The normalized spacial score (nSPS) is 13.5. The van der Waals surface area contributed by atoms with Crippen LogP contribution >= 0.6 is 12.4 Å². The van der Waals surface area contributed by atoms with Gasteiger partial charge in [-0.2, -0.15) is 0 Å². The van der Waals surface area contributed by atoms with Gasteiger partial charge >= 0.3 is 0 Å². The van der Waals surface area contributed by atoms with Gasteiger partial charge in [-0.25, -0.2) is 8.42 Å². The molecule has 1 fully saturated rings. The smallest absolute Gasteiger partial charge is 0.262 e. The molecule has 4 N–H and O–H groups in total. The largest absolute Gasteiger partial charge is 0.455 e. The highest BCUT2D eigenvalue weighted by molar-refractivity contribution is 7.92. The number of benzene rings is 3. The number of ether oxygens (including phenoxy) is 1. The molecule has 1 heterocycles. The van der Waals surface area contributed by atoms with Gasteiger partial charge in [-0.15, -0.1) is 12.4 Å². The van der Waals surface area contributed by atoms with Crippen LogP contribution in [0.25, 0.3) is 0 Å². The first kappa shape index (κ1) is 29.9. The Morgan fingerprint density at radius 3 is 2.26 bits per heavy atom. The summed E-state index contributed by atoms with van der Waals surface area (Å²) in [6.45, 7) is 2.46. The van der Waals surface area contributed by atoms with E-state index in [9.17, 15) is 18.0 Å². The molecule has 2 amide bonds. The van der Waals surface area contributed by atoms with Crippen LogP contribution in [0.4, 0.5) is 5.69 Å². The van der Waals surface area contributed by atoms with Gasteiger partial charge in [0.2, 0.25) is 5.91 Å². The molecule has 0 radical (unpaired) electrons. The number of hydrogen-bond acceptors (Lipinski definition) is 6. The van der Waals surface area contributed by atoms with Crippen LogP contribution in [0.1, 0.15) is 29.6 Å². The minimum absolute atomic E-state index is 0. The number of halogens is 1. The molecule has 208 valence electrons. The van der Waals surface area contributed by atoms with Crippen LogP contribution in [0.15, 0.2) is 83.8 Å². The van der Waals surface area contributed by atoms with Crippen LogP contribution < -0.4 is 25.4 Å². The van der Waals surface area contributed by atoms with E-state index in [1.807, 2.05) is 18.2 Å². The Morgan fingerprint density at radius 2 is 1.54 bits per heavy atom. The second-order valence-corrected chi connectivity index (χ2v) is 10.7. The zero-order valence-electron chi connectivity index (χ0n) is 21.4. The third kappa shape index (κ3) is 8.98. The van der Waals surface area contributed by atoms with Gasteiger partial charge < -0.3 is 20.7 Å². The van der Waals surface area contributed by atoms with Crippen LogP contribution in [0.2, 0.25) is 0 Å². The molecule has 0 bridgehead atoms. The number of nitrogens with one attached hydrogen (secondary N) is 4. The molecule has 0 aromatic heterocycles. The predicted molar refractivity (Wildman–Crippen MR) is 153 cm³/mol. The molecular formula is C28H33ClN4O5S. The zero-order chi connectivity index (χ0) is 26.8. The van der Waals surface area contributed by atoms with Crippen molar-refractivity contribution < 1.29 is 22.7 Å². The van der Waals surface area contributed by atoms with Crippen molar-refractivity contribution in [3.8, 4) is 11.5 Å². The number of rotatable bonds is 11. The molecule has 3 aromatic carbocycles. The molecule has 0 spiro atoms.